The van der Waals surface area contributed by atoms with Crippen molar-refractivity contribution in [3.8, 4) is 0 Å². The largest absolute Gasteiger partial charge is 0.299 e. The smallest absolute Gasteiger partial charge is 0.0311 e. The molecule has 0 N–H and O–H groups in total. The van der Waals surface area contributed by atoms with E-state index in [1.165, 1.54) is 58.2 Å². The topological polar surface area (TPSA) is 6.48 Å². The normalized spacial score (nSPS) is 31.0. The lowest BCUT2D eigenvalue weighted by Crippen LogP contribution is -2.54. The van der Waals surface area contributed by atoms with Crippen LogP contribution < -0.4 is 0 Å². The molecular weight excluding hydrogens is 220 g/mol. The van der Waals surface area contributed by atoms with Gasteiger partial charge in [0.15, 0.2) is 0 Å². The van der Waals surface area contributed by atoms with E-state index in [1.54, 1.807) is 0 Å². The Bertz CT molecular complexity index is 256. The van der Waals surface area contributed by atoms with Crippen LogP contribution in [0.3, 0.4) is 0 Å². The van der Waals surface area contributed by atoms with Crippen LogP contribution in [0.25, 0.3) is 0 Å². The molecule has 2 rings (SSSR count). The monoisotopic (exact) mass is 252 g/mol. The molecule has 2 fully saturated rings. The minimum absolute atomic E-state index is 0.373. The standard InChI is InChI=1S/C16H32N2/c1-5-6-9-14(2)18-13-10-15(16(18,3)4)17-11-7-8-12-17/h14-15H,5-13H2,1-4H3. The van der Waals surface area contributed by atoms with Gasteiger partial charge in [-0.1, -0.05) is 19.8 Å². The minimum Gasteiger partial charge on any atom is -0.299 e. The molecular formula is C16H32N2. The van der Waals surface area contributed by atoms with Gasteiger partial charge >= 0.3 is 0 Å². The van der Waals surface area contributed by atoms with Crippen LogP contribution in [0, 0.1) is 0 Å². The van der Waals surface area contributed by atoms with Crippen molar-refractivity contribution in [1.82, 2.24) is 9.80 Å². The zero-order valence-electron chi connectivity index (χ0n) is 12.9. The summed E-state index contributed by atoms with van der Waals surface area (Å²) in [6, 6.07) is 1.55. The second-order valence-corrected chi connectivity index (χ2v) is 6.89. The predicted molar refractivity (Wildman–Crippen MR) is 79.0 cm³/mol. The highest BCUT2D eigenvalue weighted by Crippen LogP contribution is 2.36. The average molecular weight is 252 g/mol. The first-order valence-corrected chi connectivity index (χ1v) is 8.08. The Morgan fingerprint density at radius 1 is 1.17 bits per heavy atom. The van der Waals surface area contributed by atoms with E-state index >= 15 is 0 Å². The molecule has 2 saturated heterocycles. The van der Waals surface area contributed by atoms with Gasteiger partial charge in [0.25, 0.3) is 0 Å². The molecule has 2 aliphatic heterocycles. The summed E-state index contributed by atoms with van der Waals surface area (Å²) < 4.78 is 0. The summed E-state index contributed by atoms with van der Waals surface area (Å²) in [4.78, 5) is 5.54. The third-order valence-corrected chi connectivity index (χ3v) is 5.29. The van der Waals surface area contributed by atoms with Crippen LogP contribution in [0.4, 0.5) is 0 Å². The van der Waals surface area contributed by atoms with Gasteiger partial charge in [-0.15, -0.1) is 0 Å². The summed E-state index contributed by atoms with van der Waals surface area (Å²) in [5.41, 5.74) is 0.373. The van der Waals surface area contributed by atoms with Gasteiger partial charge in [-0.25, -0.2) is 0 Å². The van der Waals surface area contributed by atoms with Gasteiger partial charge in [0.05, 0.1) is 0 Å². The molecule has 0 aromatic rings. The molecule has 2 heterocycles. The molecule has 2 aliphatic rings. The van der Waals surface area contributed by atoms with Crippen molar-refractivity contribution < 1.29 is 0 Å². The van der Waals surface area contributed by atoms with Crippen LogP contribution in [-0.4, -0.2) is 47.1 Å². The van der Waals surface area contributed by atoms with Crippen molar-refractivity contribution in [1.29, 1.82) is 0 Å². The Morgan fingerprint density at radius 3 is 2.44 bits per heavy atom. The summed E-state index contributed by atoms with van der Waals surface area (Å²) in [5.74, 6) is 0. The first-order valence-electron chi connectivity index (χ1n) is 8.08. The zero-order valence-corrected chi connectivity index (χ0v) is 12.9. The Kier molecular flexibility index (Phi) is 4.71. The maximum atomic E-state index is 2.78. The fourth-order valence-electron chi connectivity index (χ4n) is 4.22. The molecule has 0 aliphatic carbocycles. The van der Waals surface area contributed by atoms with Crippen LogP contribution >= 0.6 is 0 Å². The molecule has 0 spiro atoms. The van der Waals surface area contributed by atoms with Gasteiger partial charge in [-0.2, -0.15) is 0 Å². The van der Waals surface area contributed by atoms with Gasteiger partial charge in [0.2, 0.25) is 0 Å². The number of hydrogen-bond acceptors (Lipinski definition) is 2. The van der Waals surface area contributed by atoms with Crippen molar-refractivity contribution in [3.05, 3.63) is 0 Å². The van der Waals surface area contributed by atoms with Crippen LogP contribution in [0.1, 0.15) is 66.2 Å². The van der Waals surface area contributed by atoms with Crippen molar-refractivity contribution >= 4 is 0 Å². The molecule has 106 valence electrons. The number of hydrogen-bond donors (Lipinski definition) is 0. The molecule has 2 nitrogen and oxygen atoms in total. The van der Waals surface area contributed by atoms with E-state index in [0.717, 1.165) is 12.1 Å². The van der Waals surface area contributed by atoms with Crippen molar-refractivity contribution in [2.75, 3.05) is 19.6 Å². The second-order valence-electron chi connectivity index (χ2n) is 6.89. The molecule has 2 atom stereocenters. The van der Waals surface area contributed by atoms with Crippen LogP contribution in [-0.2, 0) is 0 Å². The summed E-state index contributed by atoms with van der Waals surface area (Å²) in [6.45, 7) is 13.7. The second kappa shape index (κ2) is 5.92. The molecule has 2 unspecified atom stereocenters. The molecule has 2 heteroatoms. The first-order chi connectivity index (χ1) is 8.57. The molecule has 0 bridgehead atoms. The van der Waals surface area contributed by atoms with E-state index in [1.807, 2.05) is 0 Å². The van der Waals surface area contributed by atoms with E-state index in [-0.39, 0.29) is 0 Å². The number of unbranched alkanes of at least 4 members (excludes halogenated alkanes) is 1. The predicted octanol–water partition coefficient (Wildman–Crippen LogP) is 3.51. The average Bonchev–Trinajstić information content (AvgIpc) is 2.92. The molecule has 0 radical (unpaired) electrons. The third kappa shape index (κ3) is 2.75. The van der Waals surface area contributed by atoms with Crippen LogP contribution in [0.2, 0.25) is 0 Å². The fourth-order valence-corrected chi connectivity index (χ4v) is 4.22. The highest BCUT2D eigenvalue weighted by atomic mass is 15.3. The van der Waals surface area contributed by atoms with Crippen molar-refractivity contribution in [2.45, 2.75) is 83.8 Å². The Morgan fingerprint density at radius 2 is 1.83 bits per heavy atom. The maximum absolute atomic E-state index is 2.78. The Balaban J connectivity index is 1.97. The van der Waals surface area contributed by atoms with Crippen LogP contribution in [0.15, 0.2) is 0 Å². The molecule has 0 amide bonds. The highest BCUT2D eigenvalue weighted by molar-refractivity contribution is 5.03. The molecule has 0 aromatic heterocycles. The number of nitrogens with zero attached hydrogens (tertiary/aromatic N) is 2. The SMILES string of the molecule is CCCCC(C)N1CCC(N2CCCC2)C1(C)C. The van der Waals surface area contributed by atoms with E-state index in [4.69, 9.17) is 0 Å². The number of rotatable bonds is 5. The van der Waals surface area contributed by atoms with E-state index in [2.05, 4.69) is 37.5 Å². The summed E-state index contributed by atoms with van der Waals surface area (Å²) >= 11 is 0. The molecule has 18 heavy (non-hydrogen) atoms. The first kappa shape index (κ1) is 14.3. The highest BCUT2D eigenvalue weighted by Gasteiger charge is 2.45. The molecule has 0 aromatic carbocycles. The van der Waals surface area contributed by atoms with Gasteiger partial charge < -0.3 is 0 Å². The third-order valence-electron chi connectivity index (χ3n) is 5.29. The quantitative estimate of drug-likeness (QED) is 0.739. The van der Waals surface area contributed by atoms with Crippen molar-refractivity contribution in [3.63, 3.8) is 0 Å². The Hall–Kier alpha value is -0.0800. The van der Waals surface area contributed by atoms with Gasteiger partial charge in [-0.05, 0) is 59.5 Å². The minimum atomic E-state index is 0.373. The summed E-state index contributed by atoms with van der Waals surface area (Å²) in [6.07, 6.45) is 8.28. The zero-order chi connectivity index (χ0) is 13.2. The van der Waals surface area contributed by atoms with E-state index in [0.29, 0.717) is 5.54 Å². The van der Waals surface area contributed by atoms with Crippen LogP contribution in [0.5, 0.6) is 0 Å². The summed E-state index contributed by atoms with van der Waals surface area (Å²) in [5, 5.41) is 0. The number of likely N-dealkylation sites (tertiary alicyclic amines) is 2. The van der Waals surface area contributed by atoms with E-state index in [9.17, 15) is 0 Å². The molecule has 0 saturated carbocycles. The van der Waals surface area contributed by atoms with Gasteiger partial charge in [0.1, 0.15) is 0 Å². The lowest BCUT2D eigenvalue weighted by Gasteiger charge is -2.43. The Labute approximate surface area is 114 Å². The van der Waals surface area contributed by atoms with Crippen molar-refractivity contribution in [2.24, 2.45) is 0 Å². The lowest BCUT2D eigenvalue weighted by atomic mass is 9.93. The summed E-state index contributed by atoms with van der Waals surface area (Å²) in [7, 11) is 0. The fraction of sp³-hybridized carbons (Fsp3) is 1.00. The lowest BCUT2D eigenvalue weighted by molar-refractivity contribution is 0.0636. The van der Waals surface area contributed by atoms with E-state index < -0.39 is 0 Å². The van der Waals surface area contributed by atoms with Gasteiger partial charge in [-0.3, -0.25) is 9.80 Å². The maximum Gasteiger partial charge on any atom is 0.0311 e. The van der Waals surface area contributed by atoms with Gasteiger partial charge in [0, 0.05) is 24.2 Å².